The zero-order valence-electron chi connectivity index (χ0n) is 9.98. The highest BCUT2D eigenvalue weighted by molar-refractivity contribution is 4.87. The van der Waals surface area contributed by atoms with Crippen LogP contribution >= 0.6 is 0 Å². The maximum absolute atomic E-state index is 2.66. The fraction of sp³-hybridized carbons (Fsp3) is 1.00. The Hall–Kier alpha value is -0.0400. The molecule has 0 bridgehead atoms. The van der Waals surface area contributed by atoms with Gasteiger partial charge in [-0.25, -0.2) is 0 Å². The summed E-state index contributed by atoms with van der Waals surface area (Å²) in [6.07, 6.45) is 4.16. The first-order chi connectivity index (χ1) is 5.81. The Kier molecular flexibility index (Phi) is 3.06. The van der Waals surface area contributed by atoms with E-state index in [0.29, 0.717) is 11.0 Å². The van der Waals surface area contributed by atoms with E-state index < -0.39 is 0 Å². The fourth-order valence-corrected chi connectivity index (χ4v) is 2.19. The van der Waals surface area contributed by atoms with Crippen LogP contribution in [0.1, 0.15) is 53.9 Å². The molecule has 0 aromatic carbocycles. The summed E-state index contributed by atoms with van der Waals surface area (Å²) in [5.41, 5.74) is 0.875. The molecule has 0 unspecified atom stereocenters. The van der Waals surface area contributed by atoms with Crippen LogP contribution in [-0.2, 0) is 0 Å². The average Bonchev–Trinajstić information content (AvgIpc) is 1.91. The molecule has 0 radical (unpaired) electrons. The summed E-state index contributed by atoms with van der Waals surface area (Å²) in [6, 6.07) is 0. The number of rotatable bonds is 1. The first-order valence-electron chi connectivity index (χ1n) is 5.56. The molecular formula is C12H25N. The number of likely N-dealkylation sites (tertiary alicyclic amines) is 1. The molecule has 13 heavy (non-hydrogen) atoms. The molecule has 0 saturated carbocycles. The van der Waals surface area contributed by atoms with Crippen LogP contribution in [0.15, 0.2) is 0 Å². The zero-order chi connectivity index (χ0) is 10.1. The molecule has 1 nitrogen and oxygen atoms in total. The highest BCUT2D eigenvalue weighted by Crippen LogP contribution is 2.30. The number of hydrogen-bond donors (Lipinski definition) is 0. The van der Waals surface area contributed by atoms with Crippen LogP contribution in [0.5, 0.6) is 0 Å². The normalized spacial score (nSPS) is 24.7. The van der Waals surface area contributed by atoms with E-state index >= 15 is 0 Å². The Morgan fingerprint density at radius 1 is 1.15 bits per heavy atom. The van der Waals surface area contributed by atoms with Crippen LogP contribution in [-0.4, -0.2) is 23.5 Å². The monoisotopic (exact) mass is 183 g/mol. The van der Waals surface area contributed by atoms with Gasteiger partial charge in [-0.05, 0) is 38.6 Å². The molecule has 0 aromatic rings. The van der Waals surface area contributed by atoms with Crippen molar-refractivity contribution in [1.82, 2.24) is 4.90 Å². The Morgan fingerprint density at radius 2 is 1.77 bits per heavy atom. The van der Waals surface area contributed by atoms with Crippen molar-refractivity contribution in [2.75, 3.05) is 13.1 Å². The van der Waals surface area contributed by atoms with Gasteiger partial charge in [0.05, 0.1) is 0 Å². The number of nitrogens with zero attached hydrogens (tertiary/aromatic N) is 1. The Morgan fingerprint density at radius 3 is 2.23 bits per heavy atom. The third-order valence-corrected chi connectivity index (χ3v) is 2.99. The van der Waals surface area contributed by atoms with Gasteiger partial charge < -0.3 is 0 Å². The smallest absolute Gasteiger partial charge is 0.0153 e. The summed E-state index contributed by atoms with van der Waals surface area (Å²) in [7, 11) is 0. The zero-order valence-corrected chi connectivity index (χ0v) is 9.98. The van der Waals surface area contributed by atoms with Crippen LogP contribution in [0.3, 0.4) is 0 Å². The molecule has 1 fully saturated rings. The van der Waals surface area contributed by atoms with Crippen molar-refractivity contribution < 1.29 is 0 Å². The first kappa shape index (κ1) is 11.0. The Balaban J connectivity index is 2.56. The highest BCUT2D eigenvalue weighted by atomic mass is 15.2. The lowest BCUT2D eigenvalue weighted by molar-refractivity contribution is 0.0448. The molecule has 0 amide bonds. The van der Waals surface area contributed by atoms with E-state index in [-0.39, 0.29) is 0 Å². The van der Waals surface area contributed by atoms with E-state index in [4.69, 9.17) is 0 Å². The standard InChI is InChI=1S/C12H25N/c1-11(2,3)10-13-9-7-6-8-12(13,4)5/h6-10H2,1-5H3. The van der Waals surface area contributed by atoms with Crippen LogP contribution in [0.4, 0.5) is 0 Å². The molecule has 1 aliphatic rings. The molecule has 0 aliphatic carbocycles. The predicted octanol–water partition coefficient (Wildman–Crippen LogP) is 3.30. The van der Waals surface area contributed by atoms with E-state index in [0.717, 1.165) is 0 Å². The van der Waals surface area contributed by atoms with Crippen LogP contribution in [0.2, 0.25) is 0 Å². The van der Waals surface area contributed by atoms with Crippen molar-refractivity contribution in [1.29, 1.82) is 0 Å². The first-order valence-corrected chi connectivity index (χ1v) is 5.56. The van der Waals surface area contributed by atoms with E-state index in [9.17, 15) is 0 Å². The molecule has 0 N–H and O–H groups in total. The maximum atomic E-state index is 2.66. The highest BCUT2D eigenvalue weighted by Gasteiger charge is 2.31. The third kappa shape index (κ3) is 3.30. The summed E-state index contributed by atoms with van der Waals surface area (Å²) in [4.78, 5) is 2.66. The fourth-order valence-electron chi connectivity index (χ4n) is 2.19. The van der Waals surface area contributed by atoms with E-state index in [2.05, 4.69) is 39.5 Å². The second kappa shape index (κ2) is 3.61. The van der Waals surface area contributed by atoms with Gasteiger partial charge in [-0.15, -0.1) is 0 Å². The van der Waals surface area contributed by atoms with Gasteiger partial charge >= 0.3 is 0 Å². The molecule has 0 spiro atoms. The second-order valence-electron chi connectivity index (χ2n) is 6.25. The molecule has 1 heterocycles. The minimum atomic E-state index is 0.436. The van der Waals surface area contributed by atoms with Gasteiger partial charge in [-0.1, -0.05) is 27.2 Å². The van der Waals surface area contributed by atoms with Crippen LogP contribution in [0, 0.1) is 5.41 Å². The quantitative estimate of drug-likeness (QED) is 0.603. The van der Waals surface area contributed by atoms with Crippen molar-refractivity contribution in [3.05, 3.63) is 0 Å². The minimum Gasteiger partial charge on any atom is -0.298 e. The van der Waals surface area contributed by atoms with Gasteiger partial charge in [0.25, 0.3) is 0 Å². The summed E-state index contributed by atoms with van der Waals surface area (Å²) < 4.78 is 0. The van der Waals surface area contributed by atoms with E-state index in [1.165, 1.54) is 32.4 Å². The van der Waals surface area contributed by atoms with Gasteiger partial charge in [-0.3, -0.25) is 4.90 Å². The third-order valence-electron chi connectivity index (χ3n) is 2.99. The Labute approximate surface area is 83.5 Å². The second-order valence-corrected chi connectivity index (χ2v) is 6.25. The van der Waals surface area contributed by atoms with Gasteiger partial charge in [0.2, 0.25) is 0 Å². The molecule has 0 aromatic heterocycles. The Bertz CT molecular complexity index is 164. The summed E-state index contributed by atoms with van der Waals surface area (Å²) in [5, 5.41) is 0. The van der Waals surface area contributed by atoms with Crippen molar-refractivity contribution in [2.24, 2.45) is 5.41 Å². The molecule has 78 valence electrons. The van der Waals surface area contributed by atoms with Crippen LogP contribution in [0.25, 0.3) is 0 Å². The molecule has 1 saturated heterocycles. The summed E-state index contributed by atoms with van der Waals surface area (Å²) in [6.45, 7) is 14.3. The predicted molar refractivity (Wildman–Crippen MR) is 59.0 cm³/mol. The number of hydrogen-bond acceptors (Lipinski definition) is 1. The minimum absolute atomic E-state index is 0.436. The lowest BCUT2D eigenvalue weighted by atomic mass is 9.86. The largest absolute Gasteiger partial charge is 0.298 e. The van der Waals surface area contributed by atoms with Crippen molar-refractivity contribution in [3.8, 4) is 0 Å². The van der Waals surface area contributed by atoms with Crippen LogP contribution < -0.4 is 0 Å². The van der Waals surface area contributed by atoms with Crippen molar-refractivity contribution in [3.63, 3.8) is 0 Å². The molecule has 1 aliphatic heterocycles. The van der Waals surface area contributed by atoms with E-state index in [1.54, 1.807) is 0 Å². The molecular weight excluding hydrogens is 158 g/mol. The molecule has 1 rings (SSSR count). The molecule has 0 atom stereocenters. The topological polar surface area (TPSA) is 3.24 Å². The van der Waals surface area contributed by atoms with Crippen molar-refractivity contribution >= 4 is 0 Å². The van der Waals surface area contributed by atoms with Gasteiger partial charge in [0, 0.05) is 12.1 Å². The van der Waals surface area contributed by atoms with Crippen molar-refractivity contribution in [2.45, 2.75) is 59.4 Å². The number of piperidine rings is 1. The lowest BCUT2D eigenvalue weighted by Gasteiger charge is -2.45. The lowest BCUT2D eigenvalue weighted by Crippen LogP contribution is -2.50. The summed E-state index contributed by atoms with van der Waals surface area (Å²) in [5.74, 6) is 0. The maximum Gasteiger partial charge on any atom is 0.0153 e. The van der Waals surface area contributed by atoms with Gasteiger partial charge in [0.15, 0.2) is 0 Å². The van der Waals surface area contributed by atoms with E-state index in [1.807, 2.05) is 0 Å². The van der Waals surface area contributed by atoms with Gasteiger partial charge in [0.1, 0.15) is 0 Å². The van der Waals surface area contributed by atoms with Gasteiger partial charge in [-0.2, -0.15) is 0 Å². The SMILES string of the molecule is CC(C)(C)CN1CCCCC1(C)C. The summed E-state index contributed by atoms with van der Waals surface area (Å²) >= 11 is 0. The average molecular weight is 183 g/mol. The molecule has 1 heteroatoms.